The van der Waals surface area contributed by atoms with Crippen molar-refractivity contribution in [1.82, 2.24) is 20.0 Å². The smallest absolute Gasteiger partial charge is 0.206 e. The van der Waals surface area contributed by atoms with E-state index >= 15 is 0 Å². The van der Waals surface area contributed by atoms with Crippen molar-refractivity contribution in [2.75, 3.05) is 5.32 Å². The third-order valence-electron chi connectivity index (χ3n) is 2.41. The Labute approximate surface area is 98.5 Å². The van der Waals surface area contributed by atoms with Gasteiger partial charge in [0.25, 0.3) is 0 Å². The van der Waals surface area contributed by atoms with E-state index < -0.39 is 0 Å². The number of nitrogens with zero attached hydrogens (tertiary/aromatic N) is 4. The third kappa shape index (κ3) is 2.21. The Morgan fingerprint density at radius 2 is 2.31 bits per heavy atom. The molecule has 0 spiro atoms. The molecular weight excluding hydrogens is 222 g/mol. The monoisotopic (exact) mass is 237 g/mol. The molecule has 0 radical (unpaired) electrons. The minimum absolute atomic E-state index is 0.185. The summed E-state index contributed by atoms with van der Waals surface area (Å²) in [5, 5.41) is 17.6. The van der Waals surface area contributed by atoms with Crippen molar-refractivity contribution in [3.63, 3.8) is 0 Å². The van der Waals surface area contributed by atoms with Crippen LogP contribution < -0.4 is 5.32 Å². The molecular formula is C10H15N5S. The molecule has 0 fully saturated rings. The van der Waals surface area contributed by atoms with Crippen molar-refractivity contribution in [1.29, 1.82) is 0 Å². The van der Waals surface area contributed by atoms with Crippen molar-refractivity contribution >= 4 is 16.5 Å². The second-order valence-corrected chi connectivity index (χ2v) is 4.66. The molecule has 0 saturated heterocycles. The average Bonchev–Trinajstić information content (AvgIpc) is 2.86. The lowest BCUT2D eigenvalue weighted by Crippen LogP contribution is -2.11. The van der Waals surface area contributed by atoms with Crippen LogP contribution in [0, 0.1) is 0 Å². The summed E-state index contributed by atoms with van der Waals surface area (Å²) in [4.78, 5) is 0. The Kier molecular flexibility index (Phi) is 3.19. The summed E-state index contributed by atoms with van der Waals surface area (Å²) >= 11 is 1.60. The number of hydrogen-bond acceptors (Lipinski definition) is 5. The van der Waals surface area contributed by atoms with Gasteiger partial charge in [-0.1, -0.05) is 18.3 Å². The molecule has 6 heteroatoms. The molecule has 16 heavy (non-hydrogen) atoms. The van der Waals surface area contributed by atoms with Gasteiger partial charge in [0.05, 0.1) is 11.7 Å². The number of rotatable bonds is 4. The van der Waals surface area contributed by atoms with Crippen LogP contribution in [0.15, 0.2) is 12.3 Å². The van der Waals surface area contributed by atoms with E-state index in [4.69, 9.17) is 0 Å². The summed E-state index contributed by atoms with van der Waals surface area (Å²) < 4.78 is 1.86. The molecule has 0 aliphatic heterocycles. The first-order valence-corrected chi connectivity index (χ1v) is 6.09. The van der Waals surface area contributed by atoms with Gasteiger partial charge in [0.15, 0.2) is 0 Å². The zero-order valence-corrected chi connectivity index (χ0v) is 10.5. The van der Waals surface area contributed by atoms with E-state index in [2.05, 4.69) is 34.5 Å². The Hall–Kier alpha value is -1.43. The van der Waals surface area contributed by atoms with Gasteiger partial charge in [-0.3, -0.25) is 4.68 Å². The minimum atomic E-state index is 0.185. The van der Waals surface area contributed by atoms with Crippen LogP contribution in [0.2, 0.25) is 0 Å². The van der Waals surface area contributed by atoms with Gasteiger partial charge in [0, 0.05) is 13.2 Å². The molecule has 86 valence electrons. The van der Waals surface area contributed by atoms with E-state index in [0.29, 0.717) is 0 Å². The van der Waals surface area contributed by atoms with Crippen LogP contribution in [0.25, 0.3) is 0 Å². The minimum Gasteiger partial charge on any atom is -0.352 e. The highest BCUT2D eigenvalue weighted by atomic mass is 32.1. The highest BCUT2D eigenvalue weighted by Gasteiger charge is 2.11. The van der Waals surface area contributed by atoms with Gasteiger partial charge in [0.1, 0.15) is 5.01 Å². The highest BCUT2D eigenvalue weighted by Crippen LogP contribution is 2.21. The van der Waals surface area contributed by atoms with Gasteiger partial charge in [0.2, 0.25) is 5.13 Å². The molecule has 0 amide bonds. The maximum atomic E-state index is 4.14. The highest BCUT2D eigenvalue weighted by molar-refractivity contribution is 7.15. The van der Waals surface area contributed by atoms with Gasteiger partial charge in [-0.2, -0.15) is 5.10 Å². The first-order chi connectivity index (χ1) is 7.70. The fourth-order valence-corrected chi connectivity index (χ4v) is 2.29. The van der Waals surface area contributed by atoms with Crippen LogP contribution in [-0.4, -0.2) is 20.0 Å². The third-order valence-corrected chi connectivity index (χ3v) is 3.41. The maximum Gasteiger partial charge on any atom is 0.206 e. The number of hydrogen-bond donors (Lipinski definition) is 1. The summed E-state index contributed by atoms with van der Waals surface area (Å²) in [6, 6.07) is 2.18. The molecule has 2 aromatic rings. The van der Waals surface area contributed by atoms with E-state index in [-0.39, 0.29) is 6.04 Å². The second kappa shape index (κ2) is 4.61. The normalized spacial score (nSPS) is 12.7. The summed E-state index contributed by atoms with van der Waals surface area (Å²) in [7, 11) is 1.94. The van der Waals surface area contributed by atoms with Crippen LogP contribution >= 0.6 is 11.3 Å². The van der Waals surface area contributed by atoms with Gasteiger partial charge in [-0.25, -0.2) is 0 Å². The van der Waals surface area contributed by atoms with Gasteiger partial charge < -0.3 is 5.32 Å². The van der Waals surface area contributed by atoms with Gasteiger partial charge in [-0.15, -0.1) is 10.2 Å². The fraction of sp³-hybridized carbons (Fsp3) is 0.500. The zero-order chi connectivity index (χ0) is 11.5. The molecule has 1 atom stereocenters. The lowest BCUT2D eigenvalue weighted by atomic mass is 10.2. The SMILES string of the molecule is CCc1nnc(NC(C)c2ccnn2C)s1. The Bertz CT molecular complexity index is 461. The van der Waals surface area contributed by atoms with Crippen LogP contribution in [0.3, 0.4) is 0 Å². The number of aryl methyl sites for hydroxylation is 2. The van der Waals surface area contributed by atoms with Crippen molar-refractivity contribution in [3.8, 4) is 0 Å². The predicted octanol–water partition coefficient (Wildman–Crippen LogP) is 2.01. The number of nitrogens with one attached hydrogen (secondary N) is 1. The second-order valence-electron chi connectivity index (χ2n) is 3.60. The average molecular weight is 237 g/mol. The zero-order valence-electron chi connectivity index (χ0n) is 9.64. The molecule has 2 aromatic heterocycles. The van der Waals surface area contributed by atoms with Crippen molar-refractivity contribution < 1.29 is 0 Å². The first-order valence-electron chi connectivity index (χ1n) is 5.27. The topological polar surface area (TPSA) is 55.6 Å². The molecule has 2 rings (SSSR count). The summed E-state index contributed by atoms with van der Waals surface area (Å²) in [6.45, 7) is 4.17. The van der Waals surface area contributed by atoms with Crippen molar-refractivity contribution in [2.24, 2.45) is 7.05 Å². The quantitative estimate of drug-likeness (QED) is 0.883. The van der Waals surface area contributed by atoms with E-state index in [1.807, 2.05) is 17.8 Å². The van der Waals surface area contributed by atoms with E-state index in [1.165, 1.54) is 0 Å². The van der Waals surface area contributed by atoms with E-state index in [9.17, 15) is 0 Å². The van der Waals surface area contributed by atoms with E-state index in [1.54, 1.807) is 17.5 Å². The predicted molar refractivity (Wildman–Crippen MR) is 64.5 cm³/mol. The molecule has 0 bridgehead atoms. The molecule has 2 heterocycles. The molecule has 0 aliphatic rings. The standard InChI is InChI=1S/C10H15N5S/c1-4-9-13-14-10(16-9)12-7(2)8-5-6-11-15(8)3/h5-7H,4H2,1-3H3,(H,12,14). The van der Waals surface area contributed by atoms with Gasteiger partial charge >= 0.3 is 0 Å². The maximum absolute atomic E-state index is 4.14. The lowest BCUT2D eigenvalue weighted by Gasteiger charge is -2.12. The molecule has 5 nitrogen and oxygen atoms in total. The van der Waals surface area contributed by atoms with Crippen LogP contribution in [0.4, 0.5) is 5.13 Å². The van der Waals surface area contributed by atoms with Crippen LogP contribution in [0.1, 0.15) is 30.6 Å². The Morgan fingerprint density at radius 1 is 1.50 bits per heavy atom. The largest absolute Gasteiger partial charge is 0.352 e. The molecule has 0 aliphatic carbocycles. The van der Waals surface area contributed by atoms with E-state index in [0.717, 1.165) is 22.3 Å². The van der Waals surface area contributed by atoms with Gasteiger partial charge in [-0.05, 0) is 19.4 Å². The summed E-state index contributed by atoms with van der Waals surface area (Å²) in [6.07, 6.45) is 2.73. The molecule has 1 unspecified atom stereocenters. The van der Waals surface area contributed by atoms with Crippen LogP contribution in [-0.2, 0) is 13.5 Å². The Morgan fingerprint density at radius 3 is 2.88 bits per heavy atom. The molecule has 1 N–H and O–H groups in total. The lowest BCUT2D eigenvalue weighted by molar-refractivity contribution is 0.675. The van der Waals surface area contributed by atoms with Crippen molar-refractivity contribution in [3.05, 3.63) is 23.0 Å². The van der Waals surface area contributed by atoms with Crippen LogP contribution in [0.5, 0.6) is 0 Å². The first kappa shape index (κ1) is 11.1. The number of aromatic nitrogens is 4. The Balaban J connectivity index is 2.07. The van der Waals surface area contributed by atoms with Crippen molar-refractivity contribution in [2.45, 2.75) is 26.3 Å². The summed E-state index contributed by atoms with van der Waals surface area (Å²) in [5.41, 5.74) is 1.13. The fourth-order valence-electron chi connectivity index (χ4n) is 1.52. The molecule has 0 saturated carbocycles. The number of anilines is 1. The summed E-state index contributed by atoms with van der Waals surface area (Å²) in [5.74, 6) is 0. The molecule has 0 aromatic carbocycles.